The van der Waals surface area contributed by atoms with Crippen molar-refractivity contribution in [3.05, 3.63) is 34.3 Å². The molecule has 0 saturated heterocycles. The molecule has 0 aromatic heterocycles. The minimum absolute atomic E-state index is 0.348. The smallest absolute Gasteiger partial charge is 0.416 e. The van der Waals surface area contributed by atoms with Crippen LogP contribution in [0.3, 0.4) is 0 Å². The first-order chi connectivity index (χ1) is 6.32. The average Bonchev–Trinajstić information content (AvgIpc) is 2.01. The lowest BCUT2D eigenvalue weighted by atomic mass is 10.1. The lowest BCUT2D eigenvalue weighted by molar-refractivity contribution is -0.137. The molecule has 0 heterocycles. The zero-order valence-electron chi connectivity index (χ0n) is 6.60. The first kappa shape index (κ1) is 10.8. The number of halogens is 4. The molecular formula is C8H4ClF3O2. The van der Waals surface area contributed by atoms with Crippen LogP contribution in [0.5, 0.6) is 0 Å². The first-order valence-corrected chi connectivity index (χ1v) is 3.80. The molecule has 0 atom stereocenters. The summed E-state index contributed by atoms with van der Waals surface area (Å²) in [5.41, 5.74) is -1.31. The van der Waals surface area contributed by atoms with Crippen molar-refractivity contribution in [3.63, 3.8) is 0 Å². The molecule has 0 bridgehead atoms. The van der Waals surface area contributed by atoms with E-state index in [1.807, 2.05) is 0 Å². The fraction of sp³-hybridized carbons (Fsp3) is 0.125. The van der Waals surface area contributed by atoms with Crippen LogP contribution < -0.4 is 0 Å². The average molecular weight is 225 g/mol. The van der Waals surface area contributed by atoms with Gasteiger partial charge >= 0.3 is 12.1 Å². The van der Waals surface area contributed by atoms with Crippen LogP contribution in [0.4, 0.5) is 13.2 Å². The Morgan fingerprint density at radius 2 is 1.93 bits per heavy atom. The maximum absolute atomic E-state index is 12.1. The van der Waals surface area contributed by atoms with E-state index in [0.717, 1.165) is 6.07 Å². The van der Waals surface area contributed by atoms with Gasteiger partial charge in [0.15, 0.2) is 0 Å². The van der Waals surface area contributed by atoms with Crippen LogP contribution in [0.25, 0.3) is 0 Å². The standard InChI is InChI=1S/C8H4ClF3O2/c9-6-3-4(8(10,11)12)1-2-5(6)7(13)14/h1-3H,(H,13,14). The van der Waals surface area contributed by atoms with Gasteiger partial charge in [0.05, 0.1) is 16.1 Å². The highest BCUT2D eigenvalue weighted by Crippen LogP contribution is 2.31. The second-order valence-corrected chi connectivity index (χ2v) is 2.90. The maximum atomic E-state index is 12.1. The summed E-state index contributed by atoms with van der Waals surface area (Å²) in [6, 6.07) is 2.09. The molecule has 1 aromatic carbocycles. The van der Waals surface area contributed by atoms with Gasteiger partial charge in [-0.1, -0.05) is 11.6 Å². The van der Waals surface area contributed by atoms with Crippen molar-refractivity contribution >= 4 is 17.6 Å². The molecule has 0 saturated carbocycles. The molecule has 1 N–H and O–H groups in total. The van der Waals surface area contributed by atoms with Gasteiger partial charge in [0.2, 0.25) is 0 Å². The van der Waals surface area contributed by atoms with Crippen LogP contribution in [0.2, 0.25) is 5.02 Å². The molecule has 0 aliphatic carbocycles. The molecular weight excluding hydrogens is 221 g/mol. The summed E-state index contributed by atoms with van der Waals surface area (Å²) in [6.45, 7) is 0. The lowest BCUT2D eigenvalue weighted by Gasteiger charge is -2.07. The lowest BCUT2D eigenvalue weighted by Crippen LogP contribution is -2.06. The van der Waals surface area contributed by atoms with E-state index < -0.39 is 22.7 Å². The number of aromatic carboxylic acids is 1. The van der Waals surface area contributed by atoms with Gasteiger partial charge in [-0.05, 0) is 18.2 Å². The van der Waals surface area contributed by atoms with E-state index in [9.17, 15) is 18.0 Å². The maximum Gasteiger partial charge on any atom is 0.416 e. The van der Waals surface area contributed by atoms with Crippen molar-refractivity contribution < 1.29 is 23.1 Å². The van der Waals surface area contributed by atoms with E-state index in [4.69, 9.17) is 16.7 Å². The van der Waals surface area contributed by atoms with Crippen LogP contribution in [0, 0.1) is 0 Å². The Morgan fingerprint density at radius 1 is 1.36 bits per heavy atom. The number of carboxylic acids is 1. The third kappa shape index (κ3) is 2.17. The number of rotatable bonds is 1. The molecule has 0 fully saturated rings. The van der Waals surface area contributed by atoms with Crippen LogP contribution in [-0.2, 0) is 6.18 Å². The summed E-state index contributed by atoms with van der Waals surface area (Å²) in [6.07, 6.45) is -4.51. The monoisotopic (exact) mass is 224 g/mol. The molecule has 6 heteroatoms. The summed E-state index contributed by atoms with van der Waals surface area (Å²) < 4.78 is 36.3. The number of hydrogen-bond donors (Lipinski definition) is 1. The van der Waals surface area contributed by atoms with E-state index >= 15 is 0 Å². The highest BCUT2D eigenvalue weighted by Gasteiger charge is 2.31. The number of benzene rings is 1. The third-order valence-electron chi connectivity index (χ3n) is 1.53. The zero-order valence-corrected chi connectivity index (χ0v) is 7.36. The predicted octanol–water partition coefficient (Wildman–Crippen LogP) is 3.06. The Balaban J connectivity index is 3.20. The second-order valence-electron chi connectivity index (χ2n) is 2.50. The molecule has 0 radical (unpaired) electrons. The first-order valence-electron chi connectivity index (χ1n) is 3.42. The Labute approximate surface area is 81.9 Å². The fourth-order valence-electron chi connectivity index (χ4n) is 0.865. The van der Waals surface area contributed by atoms with Crippen molar-refractivity contribution in [3.8, 4) is 0 Å². The van der Waals surface area contributed by atoms with E-state index in [1.165, 1.54) is 0 Å². The molecule has 0 aliphatic rings. The third-order valence-corrected chi connectivity index (χ3v) is 1.84. The molecule has 0 amide bonds. The van der Waals surface area contributed by atoms with Crippen molar-refractivity contribution in [1.82, 2.24) is 0 Å². The Hall–Kier alpha value is -1.23. The van der Waals surface area contributed by atoms with Gasteiger partial charge in [0, 0.05) is 0 Å². The summed E-state index contributed by atoms with van der Waals surface area (Å²) in [5.74, 6) is -1.36. The predicted molar refractivity (Wildman–Crippen MR) is 43.4 cm³/mol. The summed E-state index contributed by atoms with van der Waals surface area (Å²) in [4.78, 5) is 10.4. The molecule has 1 aromatic rings. The normalized spacial score (nSPS) is 11.4. The van der Waals surface area contributed by atoms with E-state index in [2.05, 4.69) is 0 Å². The number of carbonyl (C=O) groups is 1. The Bertz CT molecular complexity index is 373. The highest BCUT2D eigenvalue weighted by molar-refractivity contribution is 6.33. The highest BCUT2D eigenvalue weighted by atomic mass is 35.5. The summed E-state index contributed by atoms with van der Waals surface area (Å²) in [5, 5.41) is 8.07. The SMILES string of the molecule is O=C(O)c1ccc(C(F)(F)F)cc1Cl. The molecule has 2 nitrogen and oxygen atoms in total. The Morgan fingerprint density at radius 3 is 2.29 bits per heavy atom. The fourth-order valence-corrected chi connectivity index (χ4v) is 1.13. The number of alkyl halides is 3. The molecule has 0 unspecified atom stereocenters. The molecule has 76 valence electrons. The van der Waals surface area contributed by atoms with Gasteiger partial charge in [0.1, 0.15) is 0 Å². The minimum atomic E-state index is -4.51. The van der Waals surface area contributed by atoms with Crippen molar-refractivity contribution in [2.75, 3.05) is 0 Å². The molecule has 1 rings (SSSR count). The van der Waals surface area contributed by atoms with Crippen LogP contribution in [0.1, 0.15) is 15.9 Å². The second kappa shape index (κ2) is 3.49. The Kier molecular flexibility index (Phi) is 2.71. The summed E-state index contributed by atoms with van der Waals surface area (Å²) in [7, 11) is 0. The summed E-state index contributed by atoms with van der Waals surface area (Å²) >= 11 is 5.35. The minimum Gasteiger partial charge on any atom is -0.478 e. The van der Waals surface area contributed by atoms with Gasteiger partial charge in [0.25, 0.3) is 0 Å². The number of carboxylic acid groups (broad SMARTS) is 1. The van der Waals surface area contributed by atoms with Gasteiger partial charge < -0.3 is 5.11 Å². The molecule has 0 spiro atoms. The van der Waals surface area contributed by atoms with Crippen LogP contribution in [-0.4, -0.2) is 11.1 Å². The quantitative estimate of drug-likeness (QED) is 0.796. The number of hydrogen-bond acceptors (Lipinski definition) is 1. The largest absolute Gasteiger partial charge is 0.478 e. The zero-order chi connectivity index (χ0) is 10.9. The van der Waals surface area contributed by atoms with Gasteiger partial charge in [-0.3, -0.25) is 0 Å². The van der Waals surface area contributed by atoms with E-state index in [-0.39, 0.29) is 5.56 Å². The van der Waals surface area contributed by atoms with Crippen LogP contribution in [0.15, 0.2) is 18.2 Å². The topological polar surface area (TPSA) is 37.3 Å². The van der Waals surface area contributed by atoms with Crippen molar-refractivity contribution in [1.29, 1.82) is 0 Å². The van der Waals surface area contributed by atoms with Gasteiger partial charge in [-0.25, -0.2) is 4.79 Å². The molecule has 14 heavy (non-hydrogen) atoms. The van der Waals surface area contributed by atoms with E-state index in [0.29, 0.717) is 12.1 Å². The van der Waals surface area contributed by atoms with Crippen molar-refractivity contribution in [2.24, 2.45) is 0 Å². The molecule has 0 aliphatic heterocycles. The van der Waals surface area contributed by atoms with Gasteiger partial charge in [-0.2, -0.15) is 13.2 Å². The van der Waals surface area contributed by atoms with Crippen LogP contribution >= 0.6 is 11.6 Å². The van der Waals surface area contributed by atoms with Gasteiger partial charge in [-0.15, -0.1) is 0 Å². The van der Waals surface area contributed by atoms with Crippen molar-refractivity contribution in [2.45, 2.75) is 6.18 Å². The van der Waals surface area contributed by atoms with E-state index in [1.54, 1.807) is 0 Å².